The highest BCUT2D eigenvalue weighted by Gasteiger charge is 2.03. The van der Waals surface area contributed by atoms with Crippen LogP contribution in [-0.4, -0.2) is 34.0 Å². The van der Waals surface area contributed by atoms with Crippen molar-refractivity contribution in [3.8, 4) is 11.5 Å². The third-order valence-corrected chi connectivity index (χ3v) is 2.55. The van der Waals surface area contributed by atoms with Gasteiger partial charge in [0.25, 0.3) is 0 Å². The van der Waals surface area contributed by atoms with Crippen LogP contribution in [0.5, 0.6) is 11.5 Å². The average Bonchev–Trinajstić information content (AvgIpc) is 2.42. The van der Waals surface area contributed by atoms with Crippen molar-refractivity contribution in [3.05, 3.63) is 35.9 Å². The lowest BCUT2D eigenvalue weighted by Gasteiger charge is -2.10. The fourth-order valence-corrected chi connectivity index (χ4v) is 1.61. The van der Waals surface area contributed by atoms with Gasteiger partial charge < -0.3 is 19.5 Å². The SMILES string of the molecule is C=C(C)COCCNCc1ccc(OC)c(OC)c1. The number of rotatable bonds is 9. The quantitative estimate of drug-likeness (QED) is 0.550. The summed E-state index contributed by atoms with van der Waals surface area (Å²) in [4.78, 5) is 0. The number of ether oxygens (including phenoxy) is 3. The second kappa shape index (κ2) is 8.56. The lowest BCUT2D eigenvalue weighted by Crippen LogP contribution is -2.19. The Morgan fingerprint density at radius 3 is 2.58 bits per heavy atom. The molecule has 1 aromatic carbocycles. The van der Waals surface area contributed by atoms with Crippen molar-refractivity contribution in [1.29, 1.82) is 0 Å². The summed E-state index contributed by atoms with van der Waals surface area (Å²) in [6.45, 7) is 8.63. The van der Waals surface area contributed by atoms with Crippen LogP contribution in [0.2, 0.25) is 0 Å². The molecule has 1 aromatic rings. The molecule has 0 aliphatic carbocycles. The number of methoxy groups -OCH3 is 2. The summed E-state index contributed by atoms with van der Waals surface area (Å²) in [5.74, 6) is 1.50. The smallest absolute Gasteiger partial charge is 0.161 e. The van der Waals surface area contributed by atoms with Gasteiger partial charge >= 0.3 is 0 Å². The molecule has 4 heteroatoms. The third kappa shape index (κ3) is 5.77. The van der Waals surface area contributed by atoms with Crippen LogP contribution in [0.4, 0.5) is 0 Å². The van der Waals surface area contributed by atoms with Gasteiger partial charge in [-0.3, -0.25) is 0 Å². The molecule has 0 fully saturated rings. The summed E-state index contributed by atoms with van der Waals surface area (Å²) in [5, 5.41) is 3.31. The largest absolute Gasteiger partial charge is 0.493 e. The van der Waals surface area contributed by atoms with E-state index in [-0.39, 0.29) is 0 Å². The lowest BCUT2D eigenvalue weighted by molar-refractivity contribution is 0.158. The fourth-order valence-electron chi connectivity index (χ4n) is 1.61. The predicted octanol–water partition coefficient (Wildman–Crippen LogP) is 2.39. The molecule has 106 valence electrons. The van der Waals surface area contributed by atoms with Gasteiger partial charge in [0.2, 0.25) is 0 Å². The molecule has 0 aliphatic heterocycles. The van der Waals surface area contributed by atoms with E-state index < -0.39 is 0 Å². The number of hydrogen-bond acceptors (Lipinski definition) is 4. The topological polar surface area (TPSA) is 39.7 Å². The van der Waals surface area contributed by atoms with Gasteiger partial charge in [0, 0.05) is 13.1 Å². The van der Waals surface area contributed by atoms with Crippen LogP contribution in [0.15, 0.2) is 30.4 Å². The molecule has 0 unspecified atom stereocenters. The minimum Gasteiger partial charge on any atom is -0.493 e. The molecule has 1 N–H and O–H groups in total. The molecule has 0 bridgehead atoms. The van der Waals surface area contributed by atoms with E-state index in [1.165, 1.54) is 0 Å². The van der Waals surface area contributed by atoms with Crippen LogP contribution in [0.25, 0.3) is 0 Å². The number of hydrogen-bond donors (Lipinski definition) is 1. The van der Waals surface area contributed by atoms with E-state index in [1.807, 2.05) is 25.1 Å². The first kappa shape index (κ1) is 15.5. The molecule has 0 amide bonds. The third-order valence-electron chi connectivity index (χ3n) is 2.55. The highest BCUT2D eigenvalue weighted by Crippen LogP contribution is 2.27. The summed E-state index contributed by atoms with van der Waals surface area (Å²) < 4.78 is 15.9. The molecule has 19 heavy (non-hydrogen) atoms. The Balaban J connectivity index is 2.31. The molecule has 0 radical (unpaired) electrons. The molecule has 0 atom stereocenters. The molecule has 0 saturated heterocycles. The Bertz CT molecular complexity index is 404. The first-order chi connectivity index (χ1) is 9.17. The minimum absolute atomic E-state index is 0.623. The van der Waals surface area contributed by atoms with Gasteiger partial charge in [0.15, 0.2) is 11.5 Å². The second-order valence-electron chi connectivity index (χ2n) is 4.38. The van der Waals surface area contributed by atoms with Crippen molar-refractivity contribution in [2.45, 2.75) is 13.5 Å². The number of nitrogens with one attached hydrogen (secondary N) is 1. The van der Waals surface area contributed by atoms with E-state index in [1.54, 1.807) is 14.2 Å². The molecule has 4 nitrogen and oxygen atoms in total. The Kier molecular flexibility index (Phi) is 7.00. The van der Waals surface area contributed by atoms with Gasteiger partial charge in [0.05, 0.1) is 27.4 Å². The van der Waals surface area contributed by atoms with Crippen molar-refractivity contribution < 1.29 is 14.2 Å². The first-order valence-corrected chi connectivity index (χ1v) is 6.31. The zero-order valence-corrected chi connectivity index (χ0v) is 12.0. The maximum absolute atomic E-state index is 5.41. The highest BCUT2D eigenvalue weighted by atomic mass is 16.5. The first-order valence-electron chi connectivity index (χ1n) is 6.31. The van der Waals surface area contributed by atoms with Crippen molar-refractivity contribution in [2.75, 3.05) is 34.0 Å². The lowest BCUT2D eigenvalue weighted by atomic mass is 10.2. The van der Waals surface area contributed by atoms with Crippen LogP contribution >= 0.6 is 0 Å². The average molecular weight is 265 g/mol. The zero-order valence-electron chi connectivity index (χ0n) is 12.0. The summed E-state index contributed by atoms with van der Waals surface area (Å²) in [6, 6.07) is 5.90. The van der Waals surface area contributed by atoms with Crippen LogP contribution in [0.1, 0.15) is 12.5 Å². The van der Waals surface area contributed by atoms with Crippen molar-refractivity contribution in [2.24, 2.45) is 0 Å². The minimum atomic E-state index is 0.623. The van der Waals surface area contributed by atoms with Gasteiger partial charge in [-0.1, -0.05) is 18.2 Å². The Morgan fingerprint density at radius 1 is 1.21 bits per heavy atom. The van der Waals surface area contributed by atoms with E-state index in [9.17, 15) is 0 Å². The van der Waals surface area contributed by atoms with Crippen LogP contribution in [0, 0.1) is 0 Å². The molecule has 0 spiro atoms. The predicted molar refractivity (Wildman–Crippen MR) is 76.9 cm³/mol. The molecule has 1 rings (SSSR count). The molecule has 0 saturated carbocycles. The Hall–Kier alpha value is -1.52. The maximum Gasteiger partial charge on any atom is 0.161 e. The van der Waals surface area contributed by atoms with Gasteiger partial charge in [0.1, 0.15) is 0 Å². The normalized spacial score (nSPS) is 10.3. The summed E-state index contributed by atoms with van der Waals surface area (Å²) in [6.07, 6.45) is 0. The van der Waals surface area contributed by atoms with Crippen molar-refractivity contribution in [3.63, 3.8) is 0 Å². The Labute approximate surface area is 115 Å². The van der Waals surface area contributed by atoms with Crippen molar-refractivity contribution >= 4 is 0 Å². The summed E-state index contributed by atoms with van der Waals surface area (Å²) in [5.41, 5.74) is 2.19. The zero-order chi connectivity index (χ0) is 14.1. The van der Waals surface area contributed by atoms with Gasteiger partial charge in [-0.2, -0.15) is 0 Å². The molecule has 0 aromatic heterocycles. The van der Waals surface area contributed by atoms with Crippen LogP contribution in [-0.2, 0) is 11.3 Å². The van der Waals surface area contributed by atoms with Crippen LogP contribution in [0.3, 0.4) is 0 Å². The molecular formula is C15H23NO3. The standard InChI is InChI=1S/C15H23NO3/c1-12(2)11-19-8-7-16-10-13-5-6-14(17-3)15(9-13)18-4/h5-6,9,16H,1,7-8,10-11H2,2-4H3. The fraction of sp³-hybridized carbons (Fsp3) is 0.467. The van der Waals surface area contributed by atoms with E-state index in [2.05, 4.69) is 11.9 Å². The highest BCUT2D eigenvalue weighted by molar-refractivity contribution is 5.42. The summed E-state index contributed by atoms with van der Waals surface area (Å²) >= 11 is 0. The van der Waals surface area contributed by atoms with E-state index in [0.29, 0.717) is 13.2 Å². The van der Waals surface area contributed by atoms with Crippen molar-refractivity contribution in [1.82, 2.24) is 5.32 Å². The maximum atomic E-state index is 5.41. The van der Waals surface area contributed by atoms with E-state index in [4.69, 9.17) is 14.2 Å². The van der Waals surface area contributed by atoms with Gasteiger partial charge in [-0.05, 0) is 24.6 Å². The monoisotopic (exact) mass is 265 g/mol. The van der Waals surface area contributed by atoms with E-state index in [0.717, 1.165) is 35.7 Å². The Morgan fingerprint density at radius 2 is 1.95 bits per heavy atom. The molecule has 0 aliphatic rings. The molecule has 0 heterocycles. The van der Waals surface area contributed by atoms with E-state index >= 15 is 0 Å². The second-order valence-corrected chi connectivity index (χ2v) is 4.38. The van der Waals surface area contributed by atoms with Gasteiger partial charge in [-0.25, -0.2) is 0 Å². The van der Waals surface area contributed by atoms with Gasteiger partial charge in [-0.15, -0.1) is 0 Å². The number of benzene rings is 1. The summed E-state index contributed by atoms with van der Waals surface area (Å²) in [7, 11) is 3.27. The van der Waals surface area contributed by atoms with Crippen LogP contribution < -0.4 is 14.8 Å². The molecular weight excluding hydrogens is 242 g/mol.